The van der Waals surface area contributed by atoms with E-state index in [1.54, 1.807) is 13.0 Å². The zero-order valence-corrected chi connectivity index (χ0v) is 22.6. The summed E-state index contributed by atoms with van der Waals surface area (Å²) in [6.45, 7) is 4.68. The van der Waals surface area contributed by atoms with Crippen LogP contribution in [0.3, 0.4) is 0 Å². The van der Waals surface area contributed by atoms with Crippen molar-refractivity contribution in [3.05, 3.63) is 63.4 Å². The topological polar surface area (TPSA) is 127 Å². The number of hydrogen-bond acceptors (Lipinski definition) is 7. The first-order valence-electron chi connectivity index (χ1n) is 12.8. The third kappa shape index (κ3) is 4.92. The van der Waals surface area contributed by atoms with Gasteiger partial charge in [-0.2, -0.15) is 0 Å². The van der Waals surface area contributed by atoms with Crippen LogP contribution in [-0.2, 0) is 9.59 Å². The van der Waals surface area contributed by atoms with Crippen LogP contribution in [-0.4, -0.2) is 39.0 Å². The fraction of sp³-hybridized carbons (Fsp3) is 0.357. The summed E-state index contributed by atoms with van der Waals surface area (Å²) in [6, 6.07) is 6.86. The summed E-state index contributed by atoms with van der Waals surface area (Å²) in [5, 5.41) is 8.71. The van der Waals surface area contributed by atoms with Crippen LogP contribution >= 0.6 is 11.6 Å². The number of aromatic nitrogens is 3. The molecule has 5 rings (SSSR count). The Bertz CT molecular complexity index is 1660. The SMILES string of the molecule is CC(=O)N(C(C)=O)c1cncc(C(=O)NCC2CCCC(n3c(=O)c4c(C)onc4c4c(Cl)cccc43)C2)c1. The molecule has 0 bridgehead atoms. The van der Waals surface area contributed by atoms with Crippen LogP contribution in [0, 0.1) is 12.8 Å². The normalized spacial score (nSPS) is 17.3. The number of benzene rings is 1. The highest BCUT2D eigenvalue weighted by atomic mass is 35.5. The maximum atomic E-state index is 13.7. The van der Waals surface area contributed by atoms with Gasteiger partial charge >= 0.3 is 0 Å². The van der Waals surface area contributed by atoms with Gasteiger partial charge in [-0.15, -0.1) is 0 Å². The molecule has 10 nitrogen and oxygen atoms in total. The first kappa shape index (κ1) is 26.6. The van der Waals surface area contributed by atoms with E-state index in [-0.39, 0.29) is 34.7 Å². The van der Waals surface area contributed by atoms with Crippen LogP contribution < -0.4 is 15.8 Å². The molecule has 1 saturated carbocycles. The maximum absolute atomic E-state index is 13.7. The summed E-state index contributed by atoms with van der Waals surface area (Å²) in [7, 11) is 0. The second-order valence-corrected chi connectivity index (χ2v) is 10.4. The lowest BCUT2D eigenvalue weighted by Gasteiger charge is -2.31. The predicted octanol–water partition coefficient (Wildman–Crippen LogP) is 4.56. The first-order chi connectivity index (χ1) is 18.7. The Kier molecular flexibility index (Phi) is 7.22. The first-order valence-corrected chi connectivity index (χ1v) is 13.2. The Morgan fingerprint density at radius 1 is 1.15 bits per heavy atom. The Morgan fingerprint density at radius 3 is 2.67 bits per heavy atom. The number of fused-ring (bicyclic) bond motifs is 3. The highest BCUT2D eigenvalue weighted by Crippen LogP contribution is 2.37. The Morgan fingerprint density at radius 2 is 1.92 bits per heavy atom. The van der Waals surface area contributed by atoms with Crippen molar-refractivity contribution in [3.8, 4) is 0 Å². The van der Waals surface area contributed by atoms with E-state index in [1.807, 2.05) is 16.7 Å². The van der Waals surface area contributed by atoms with Gasteiger partial charge in [0.1, 0.15) is 16.7 Å². The molecule has 2 atom stereocenters. The van der Waals surface area contributed by atoms with E-state index in [2.05, 4.69) is 15.5 Å². The zero-order chi connectivity index (χ0) is 27.8. The van der Waals surface area contributed by atoms with Gasteiger partial charge in [0.2, 0.25) is 11.8 Å². The number of anilines is 1. The number of aryl methyl sites for hydroxylation is 1. The smallest absolute Gasteiger partial charge is 0.264 e. The molecule has 0 radical (unpaired) electrons. The number of amides is 3. The second-order valence-electron chi connectivity index (χ2n) is 9.97. The van der Waals surface area contributed by atoms with E-state index < -0.39 is 11.8 Å². The van der Waals surface area contributed by atoms with Gasteiger partial charge in [-0.1, -0.05) is 29.2 Å². The average Bonchev–Trinajstić information content (AvgIpc) is 3.29. The third-order valence-electron chi connectivity index (χ3n) is 7.33. The standard InChI is InChI=1S/C28H28ClN5O5/c1-15-24-26(32-39-15)25-22(29)8-5-9-23(25)34(28(24)38)20-7-4-6-18(10-20)12-31-27(37)19-11-21(14-30-13-19)33(16(2)35)17(3)36/h5,8-9,11,13-14,18,20H,4,6-7,10,12H2,1-3H3,(H,31,37). The quantitative estimate of drug-likeness (QED) is 0.386. The van der Waals surface area contributed by atoms with Crippen molar-refractivity contribution in [2.24, 2.45) is 5.92 Å². The molecule has 2 unspecified atom stereocenters. The molecule has 1 aliphatic rings. The van der Waals surface area contributed by atoms with Crippen LogP contribution in [0.5, 0.6) is 0 Å². The summed E-state index contributed by atoms with van der Waals surface area (Å²) in [5.41, 5.74) is 1.52. The largest absolute Gasteiger partial charge is 0.360 e. The number of carbonyl (C=O) groups excluding carboxylic acids is 3. The highest BCUT2D eigenvalue weighted by Gasteiger charge is 2.28. The van der Waals surface area contributed by atoms with Crippen molar-refractivity contribution in [3.63, 3.8) is 0 Å². The maximum Gasteiger partial charge on any atom is 0.264 e. The van der Waals surface area contributed by atoms with E-state index in [0.29, 0.717) is 45.6 Å². The van der Waals surface area contributed by atoms with Crippen molar-refractivity contribution in [1.29, 1.82) is 0 Å². The third-order valence-corrected chi connectivity index (χ3v) is 7.64. The Labute approximate surface area is 228 Å². The van der Waals surface area contributed by atoms with Crippen LogP contribution in [0.25, 0.3) is 21.8 Å². The lowest BCUT2D eigenvalue weighted by molar-refractivity contribution is -0.124. The fourth-order valence-corrected chi connectivity index (χ4v) is 5.88. The van der Waals surface area contributed by atoms with Crippen LogP contribution in [0.2, 0.25) is 5.02 Å². The second kappa shape index (κ2) is 10.6. The van der Waals surface area contributed by atoms with Gasteiger partial charge in [0, 0.05) is 38.0 Å². The molecule has 202 valence electrons. The molecule has 1 N–H and O–H groups in total. The number of hydrogen-bond donors (Lipinski definition) is 1. The minimum absolute atomic E-state index is 0.0856. The molecular formula is C28H28ClN5O5. The van der Waals surface area contributed by atoms with Gasteiger partial charge in [0.15, 0.2) is 0 Å². The summed E-state index contributed by atoms with van der Waals surface area (Å²) in [5.74, 6) is -0.684. The van der Waals surface area contributed by atoms with E-state index in [4.69, 9.17) is 16.1 Å². The minimum atomic E-state index is -0.459. The summed E-state index contributed by atoms with van der Waals surface area (Å²) < 4.78 is 7.18. The number of carbonyl (C=O) groups is 3. The van der Waals surface area contributed by atoms with E-state index in [0.717, 1.165) is 24.2 Å². The number of imide groups is 1. The molecule has 1 aromatic carbocycles. The van der Waals surface area contributed by atoms with E-state index in [1.165, 1.54) is 32.3 Å². The van der Waals surface area contributed by atoms with Crippen LogP contribution in [0.4, 0.5) is 5.69 Å². The lowest BCUT2D eigenvalue weighted by Crippen LogP contribution is -2.35. The molecule has 0 spiro atoms. The van der Waals surface area contributed by atoms with Gasteiger partial charge in [-0.25, -0.2) is 4.90 Å². The number of pyridine rings is 2. The van der Waals surface area contributed by atoms with Crippen molar-refractivity contribution in [2.75, 3.05) is 11.4 Å². The zero-order valence-electron chi connectivity index (χ0n) is 21.9. The van der Waals surface area contributed by atoms with Crippen molar-refractivity contribution in [2.45, 2.75) is 52.5 Å². The van der Waals surface area contributed by atoms with Crippen molar-refractivity contribution >= 4 is 56.8 Å². The number of nitrogens with one attached hydrogen (secondary N) is 1. The Balaban J connectivity index is 1.37. The molecule has 0 saturated heterocycles. The monoisotopic (exact) mass is 549 g/mol. The van der Waals surface area contributed by atoms with Gasteiger partial charge in [-0.3, -0.25) is 24.2 Å². The molecule has 3 heterocycles. The number of rotatable bonds is 5. The molecule has 3 amide bonds. The lowest BCUT2D eigenvalue weighted by atomic mass is 9.85. The van der Waals surface area contributed by atoms with Gasteiger partial charge in [0.05, 0.1) is 28.0 Å². The van der Waals surface area contributed by atoms with Gasteiger partial charge in [0.25, 0.3) is 11.5 Å². The molecule has 4 aromatic rings. The molecule has 3 aromatic heterocycles. The molecule has 11 heteroatoms. The van der Waals surface area contributed by atoms with Gasteiger partial charge < -0.3 is 14.4 Å². The summed E-state index contributed by atoms with van der Waals surface area (Å²) >= 11 is 6.56. The number of halogens is 1. The van der Waals surface area contributed by atoms with Gasteiger partial charge in [-0.05, 0) is 50.3 Å². The highest BCUT2D eigenvalue weighted by molar-refractivity contribution is 6.37. The molecular weight excluding hydrogens is 522 g/mol. The van der Waals surface area contributed by atoms with Crippen molar-refractivity contribution < 1.29 is 18.9 Å². The predicted molar refractivity (Wildman–Crippen MR) is 147 cm³/mol. The summed E-state index contributed by atoms with van der Waals surface area (Å²) in [4.78, 5) is 55.4. The van der Waals surface area contributed by atoms with E-state index >= 15 is 0 Å². The average molecular weight is 550 g/mol. The number of nitrogens with zero attached hydrogens (tertiary/aromatic N) is 4. The Hall–Kier alpha value is -4.05. The molecule has 0 aliphatic heterocycles. The molecule has 1 fully saturated rings. The molecule has 39 heavy (non-hydrogen) atoms. The summed E-state index contributed by atoms with van der Waals surface area (Å²) in [6.07, 6.45) is 6.07. The van der Waals surface area contributed by atoms with Crippen molar-refractivity contribution in [1.82, 2.24) is 20.0 Å². The van der Waals surface area contributed by atoms with Crippen LogP contribution in [0.1, 0.15) is 61.7 Å². The fourth-order valence-electron chi connectivity index (χ4n) is 5.62. The van der Waals surface area contributed by atoms with Crippen LogP contribution in [0.15, 0.2) is 46.0 Å². The minimum Gasteiger partial charge on any atom is -0.360 e. The van der Waals surface area contributed by atoms with E-state index in [9.17, 15) is 19.2 Å². The molecule has 1 aliphatic carbocycles.